The van der Waals surface area contributed by atoms with Crippen molar-refractivity contribution in [2.24, 2.45) is 5.92 Å². The van der Waals surface area contributed by atoms with E-state index in [0.29, 0.717) is 0 Å². The first-order valence-corrected chi connectivity index (χ1v) is 6.41. The molecule has 0 aromatic heterocycles. The molecule has 0 unspecified atom stereocenters. The number of hydrogen-bond acceptors (Lipinski definition) is 3. The molecule has 2 rings (SSSR count). The van der Waals surface area contributed by atoms with Crippen LogP contribution in [0.4, 0.5) is 11.4 Å². The Morgan fingerprint density at radius 1 is 1.29 bits per heavy atom. The van der Waals surface area contributed by atoms with Crippen LogP contribution in [0.5, 0.6) is 0 Å². The zero-order valence-corrected chi connectivity index (χ0v) is 10.6. The predicted octanol–water partition coefficient (Wildman–Crippen LogP) is 2.52. The van der Waals surface area contributed by atoms with Crippen molar-refractivity contribution in [2.75, 3.05) is 37.4 Å². The highest BCUT2D eigenvalue weighted by Gasteiger charge is 2.14. The van der Waals surface area contributed by atoms with E-state index < -0.39 is 0 Å². The lowest BCUT2D eigenvalue weighted by Crippen LogP contribution is -2.24. The van der Waals surface area contributed by atoms with Gasteiger partial charge >= 0.3 is 0 Å². The summed E-state index contributed by atoms with van der Waals surface area (Å²) < 4.78 is 5.38. The lowest BCUT2D eigenvalue weighted by Gasteiger charge is -2.26. The molecule has 3 heteroatoms. The molecule has 0 atom stereocenters. The van der Waals surface area contributed by atoms with Gasteiger partial charge in [0.25, 0.3) is 0 Å². The van der Waals surface area contributed by atoms with Gasteiger partial charge in [0.15, 0.2) is 0 Å². The molecule has 0 bridgehead atoms. The number of nitrogens with two attached hydrogens (primary N) is 1. The second-order valence-electron chi connectivity index (χ2n) is 4.82. The topological polar surface area (TPSA) is 38.5 Å². The molecule has 0 amide bonds. The largest absolute Gasteiger partial charge is 0.397 e. The molecular weight excluding hydrogens is 212 g/mol. The summed E-state index contributed by atoms with van der Waals surface area (Å²) in [5.41, 5.74) is 7.97. The summed E-state index contributed by atoms with van der Waals surface area (Å²) in [6.45, 7) is 2.93. The standard InChI is InChI=1S/C14H22N2O/c1-16(14-5-3-2-4-13(14)15)9-6-12-7-10-17-11-8-12/h2-5,12H,6-11,15H2,1H3. The summed E-state index contributed by atoms with van der Waals surface area (Å²) in [6.07, 6.45) is 3.64. The van der Waals surface area contributed by atoms with Crippen LogP contribution in [0.15, 0.2) is 24.3 Å². The summed E-state index contributed by atoms with van der Waals surface area (Å²) in [6, 6.07) is 8.06. The van der Waals surface area contributed by atoms with Gasteiger partial charge in [-0.15, -0.1) is 0 Å². The van der Waals surface area contributed by atoms with Crippen molar-refractivity contribution in [3.8, 4) is 0 Å². The van der Waals surface area contributed by atoms with Gasteiger partial charge in [0.05, 0.1) is 11.4 Å². The molecule has 1 heterocycles. The average Bonchev–Trinajstić information content (AvgIpc) is 2.38. The van der Waals surface area contributed by atoms with E-state index in [2.05, 4.69) is 18.0 Å². The van der Waals surface area contributed by atoms with Crippen LogP contribution in [0.25, 0.3) is 0 Å². The zero-order valence-electron chi connectivity index (χ0n) is 10.6. The van der Waals surface area contributed by atoms with Crippen LogP contribution >= 0.6 is 0 Å². The molecule has 94 valence electrons. The number of nitrogen functional groups attached to an aromatic ring is 1. The van der Waals surface area contributed by atoms with Crippen molar-refractivity contribution in [1.29, 1.82) is 0 Å². The van der Waals surface area contributed by atoms with E-state index in [1.165, 1.54) is 19.3 Å². The van der Waals surface area contributed by atoms with E-state index in [1.54, 1.807) is 0 Å². The summed E-state index contributed by atoms with van der Waals surface area (Å²) in [7, 11) is 2.12. The van der Waals surface area contributed by atoms with Gasteiger partial charge in [-0.2, -0.15) is 0 Å². The number of nitrogens with zero attached hydrogens (tertiary/aromatic N) is 1. The van der Waals surface area contributed by atoms with Crippen LogP contribution in [0.2, 0.25) is 0 Å². The maximum Gasteiger partial charge on any atom is 0.0597 e. The second kappa shape index (κ2) is 5.92. The lowest BCUT2D eigenvalue weighted by molar-refractivity contribution is 0.0645. The molecule has 1 aliphatic heterocycles. The van der Waals surface area contributed by atoms with Crippen LogP contribution in [0.1, 0.15) is 19.3 Å². The third-order valence-electron chi connectivity index (χ3n) is 3.56. The highest BCUT2D eigenvalue weighted by molar-refractivity contribution is 5.66. The Morgan fingerprint density at radius 3 is 2.71 bits per heavy atom. The minimum atomic E-state index is 0.816. The Kier molecular flexibility index (Phi) is 4.26. The fourth-order valence-electron chi connectivity index (χ4n) is 2.37. The van der Waals surface area contributed by atoms with Crippen molar-refractivity contribution < 1.29 is 4.74 Å². The molecule has 1 saturated heterocycles. The Morgan fingerprint density at radius 2 is 2.00 bits per heavy atom. The molecule has 2 N–H and O–H groups in total. The lowest BCUT2D eigenvalue weighted by atomic mass is 9.96. The minimum Gasteiger partial charge on any atom is -0.397 e. The smallest absolute Gasteiger partial charge is 0.0597 e. The Labute approximate surface area is 104 Å². The second-order valence-corrected chi connectivity index (χ2v) is 4.82. The van der Waals surface area contributed by atoms with Crippen molar-refractivity contribution in [3.63, 3.8) is 0 Å². The van der Waals surface area contributed by atoms with Gasteiger partial charge in [-0.3, -0.25) is 0 Å². The molecular formula is C14H22N2O. The molecule has 17 heavy (non-hydrogen) atoms. The molecule has 1 aromatic rings. The minimum absolute atomic E-state index is 0.816. The van der Waals surface area contributed by atoms with E-state index in [9.17, 15) is 0 Å². The molecule has 1 aliphatic rings. The first kappa shape index (κ1) is 12.2. The van der Waals surface area contributed by atoms with Gasteiger partial charge in [0.2, 0.25) is 0 Å². The van der Waals surface area contributed by atoms with E-state index in [-0.39, 0.29) is 0 Å². The fourth-order valence-corrected chi connectivity index (χ4v) is 2.37. The molecule has 0 saturated carbocycles. The summed E-state index contributed by atoms with van der Waals surface area (Å²) >= 11 is 0. The van der Waals surface area contributed by atoms with Crippen molar-refractivity contribution >= 4 is 11.4 Å². The highest BCUT2D eigenvalue weighted by Crippen LogP contribution is 2.24. The van der Waals surface area contributed by atoms with Crippen molar-refractivity contribution in [1.82, 2.24) is 0 Å². The van der Waals surface area contributed by atoms with Gasteiger partial charge < -0.3 is 15.4 Å². The summed E-state index contributed by atoms with van der Waals surface area (Å²) in [5.74, 6) is 0.816. The van der Waals surface area contributed by atoms with Gasteiger partial charge in [-0.05, 0) is 37.3 Å². The van der Waals surface area contributed by atoms with Gasteiger partial charge in [-0.25, -0.2) is 0 Å². The molecule has 1 aromatic carbocycles. The third kappa shape index (κ3) is 3.37. The van der Waals surface area contributed by atoms with E-state index in [0.717, 1.165) is 37.1 Å². The number of rotatable bonds is 4. The molecule has 0 spiro atoms. The average molecular weight is 234 g/mol. The molecule has 0 aliphatic carbocycles. The third-order valence-corrected chi connectivity index (χ3v) is 3.56. The number of anilines is 2. The number of ether oxygens (including phenoxy) is 1. The predicted molar refractivity (Wildman–Crippen MR) is 72.3 cm³/mol. The number of benzene rings is 1. The molecule has 3 nitrogen and oxygen atoms in total. The fraction of sp³-hybridized carbons (Fsp3) is 0.571. The van der Waals surface area contributed by atoms with Gasteiger partial charge in [-0.1, -0.05) is 12.1 Å². The molecule has 1 fully saturated rings. The van der Waals surface area contributed by atoms with E-state index >= 15 is 0 Å². The Balaban J connectivity index is 1.84. The summed E-state index contributed by atoms with van der Waals surface area (Å²) in [5, 5.41) is 0. The SMILES string of the molecule is CN(CCC1CCOCC1)c1ccccc1N. The highest BCUT2D eigenvalue weighted by atomic mass is 16.5. The van der Waals surface area contributed by atoms with Crippen molar-refractivity contribution in [3.05, 3.63) is 24.3 Å². The quantitative estimate of drug-likeness (QED) is 0.814. The Hall–Kier alpha value is -1.22. The Bertz CT molecular complexity index is 348. The monoisotopic (exact) mass is 234 g/mol. The summed E-state index contributed by atoms with van der Waals surface area (Å²) in [4.78, 5) is 2.25. The zero-order chi connectivity index (χ0) is 12.1. The van der Waals surface area contributed by atoms with E-state index in [1.807, 2.05) is 18.2 Å². The van der Waals surface area contributed by atoms with Crippen LogP contribution in [0, 0.1) is 5.92 Å². The van der Waals surface area contributed by atoms with Crippen LogP contribution in [-0.2, 0) is 4.74 Å². The normalized spacial score (nSPS) is 17.0. The number of hydrogen-bond donors (Lipinski definition) is 1. The first-order valence-electron chi connectivity index (χ1n) is 6.41. The maximum atomic E-state index is 5.97. The van der Waals surface area contributed by atoms with Crippen molar-refractivity contribution in [2.45, 2.75) is 19.3 Å². The van der Waals surface area contributed by atoms with Gasteiger partial charge in [0.1, 0.15) is 0 Å². The van der Waals surface area contributed by atoms with Crippen LogP contribution < -0.4 is 10.6 Å². The van der Waals surface area contributed by atoms with Crippen LogP contribution in [0.3, 0.4) is 0 Å². The number of para-hydroxylation sites is 2. The maximum absolute atomic E-state index is 5.97. The molecule has 0 radical (unpaired) electrons. The van der Waals surface area contributed by atoms with E-state index in [4.69, 9.17) is 10.5 Å². The first-order chi connectivity index (χ1) is 8.27. The van der Waals surface area contributed by atoms with Crippen LogP contribution in [-0.4, -0.2) is 26.8 Å². The van der Waals surface area contributed by atoms with Gasteiger partial charge in [0, 0.05) is 26.8 Å².